The van der Waals surface area contributed by atoms with Crippen molar-refractivity contribution in [2.45, 2.75) is 13.5 Å². The topological polar surface area (TPSA) is 77.5 Å². The zero-order valence-corrected chi connectivity index (χ0v) is 11.9. The van der Waals surface area contributed by atoms with Crippen molar-refractivity contribution in [1.82, 2.24) is 5.16 Å². The van der Waals surface area contributed by atoms with Gasteiger partial charge in [-0.2, -0.15) is 0 Å². The maximum atomic E-state index is 11.9. The van der Waals surface area contributed by atoms with Gasteiger partial charge in [-0.3, -0.25) is 5.32 Å². The molecule has 0 saturated carbocycles. The van der Waals surface area contributed by atoms with Gasteiger partial charge >= 0.3 is 6.09 Å². The first-order valence-corrected chi connectivity index (χ1v) is 6.70. The van der Waals surface area contributed by atoms with Crippen LogP contribution in [0.15, 0.2) is 57.9 Å². The lowest BCUT2D eigenvalue weighted by atomic mass is 10.1. The van der Waals surface area contributed by atoms with Gasteiger partial charge in [-0.15, -0.1) is 0 Å². The van der Waals surface area contributed by atoms with Crippen molar-refractivity contribution in [3.8, 4) is 11.3 Å². The van der Waals surface area contributed by atoms with Crippen LogP contribution in [-0.2, 0) is 11.3 Å². The molecule has 0 atom stereocenters. The van der Waals surface area contributed by atoms with E-state index in [1.165, 1.54) is 12.5 Å². The minimum absolute atomic E-state index is 0.132. The van der Waals surface area contributed by atoms with Gasteiger partial charge in [0.15, 0.2) is 5.76 Å². The number of anilines is 1. The van der Waals surface area contributed by atoms with E-state index in [2.05, 4.69) is 10.5 Å². The molecule has 3 rings (SSSR count). The maximum absolute atomic E-state index is 11.9. The Bertz CT molecular complexity index is 748. The van der Waals surface area contributed by atoms with Crippen molar-refractivity contribution in [2.75, 3.05) is 5.32 Å². The first-order valence-electron chi connectivity index (χ1n) is 6.70. The summed E-state index contributed by atoms with van der Waals surface area (Å²) < 4.78 is 15.2. The third-order valence-corrected chi connectivity index (χ3v) is 3.09. The highest BCUT2D eigenvalue weighted by Crippen LogP contribution is 2.29. The number of amides is 1. The van der Waals surface area contributed by atoms with Gasteiger partial charge in [0.25, 0.3) is 0 Å². The van der Waals surface area contributed by atoms with Crippen LogP contribution in [0.5, 0.6) is 0 Å². The fourth-order valence-corrected chi connectivity index (χ4v) is 1.97. The summed E-state index contributed by atoms with van der Waals surface area (Å²) in [6, 6.07) is 11.2. The number of rotatable bonds is 4. The van der Waals surface area contributed by atoms with Gasteiger partial charge in [0.05, 0.1) is 12.5 Å². The minimum Gasteiger partial charge on any atom is -0.472 e. The van der Waals surface area contributed by atoms with Crippen LogP contribution in [0.2, 0.25) is 0 Å². The summed E-state index contributed by atoms with van der Waals surface area (Å²) in [5, 5.41) is 6.66. The fourth-order valence-electron chi connectivity index (χ4n) is 1.97. The second-order valence-electron chi connectivity index (χ2n) is 4.66. The minimum atomic E-state index is -0.579. The molecule has 2 aromatic heterocycles. The lowest BCUT2D eigenvalue weighted by Crippen LogP contribution is -2.14. The standard InChI is InChI=1S/C16H14N2O4/c1-11-14(15(18-22-11)13-5-3-2-4-6-13)17-16(19)21-10-12-7-8-20-9-12/h2-9H,10H2,1H3,(H,17,19). The second kappa shape index (κ2) is 6.17. The van der Waals surface area contributed by atoms with Gasteiger partial charge in [0, 0.05) is 11.1 Å². The highest BCUT2D eigenvalue weighted by atomic mass is 16.5. The molecule has 22 heavy (non-hydrogen) atoms. The highest BCUT2D eigenvalue weighted by Gasteiger charge is 2.17. The van der Waals surface area contributed by atoms with Crippen LogP contribution >= 0.6 is 0 Å². The molecule has 0 bridgehead atoms. The Morgan fingerprint density at radius 3 is 2.82 bits per heavy atom. The Morgan fingerprint density at radius 2 is 2.09 bits per heavy atom. The molecular formula is C16H14N2O4. The van der Waals surface area contributed by atoms with E-state index < -0.39 is 6.09 Å². The Labute approximate surface area is 126 Å². The summed E-state index contributed by atoms with van der Waals surface area (Å²) in [7, 11) is 0. The number of ether oxygens (including phenoxy) is 1. The number of hydrogen-bond acceptors (Lipinski definition) is 5. The van der Waals surface area contributed by atoms with Gasteiger partial charge in [0.2, 0.25) is 0 Å². The molecule has 0 radical (unpaired) electrons. The molecule has 1 aromatic carbocycles. The quantitative estimate of drug-likeness (QED) is 0.788. The van der Waals surface area contributed by atoms with Crippen molar-refractivity contribution in [3.05, 3.63) is 60.2 Å². The smallest absolute Gasteiger partial charge is 0.412 e. The fraction of sp³-hybridized carbons (Fsp3) is 0.125. The summed E-state index contributed by atoms with van der Waals surface area (Å²) in [6.07, 6.45) is 2.46. The van der Waals surface area contributed by atoms with Crippen LogP contribution < -0.4 is 5.32 Å². The third-order valence-electron chi connectivity index (χ3n) is 3.09. The molecule has 0 fully saturated rings. The van der Waals surface area contributed by atoms with E-state index in [0.29, 0.717) is 17.1 Å². The molecule has 6 nitrogen and oxygen atoms in total. The van der Waals surface area contributed by atoms with E-state index in [1.807, 2.05) is 30.3 Å². The van der Waals surface area contributed by atoms with E-state index in [0.717, 1.165) is 11.1 Å². The number of benzene rings is 1. The van der Waals surface area contributed by atoms with Crippen molar-refractivity contribution in [3.63, 3.8) is 0 Å². The molecule has 0 aliphatic rings. The predicted octanol–water partition coefficient (Wildman–Crippen LogP) is 3.99. The number of hydrogen-bond donors (Lipinski definition) is 1. The third kappa shape index (κ3) is 3.01. The average Bonchev–Trinajstić information content (AvgIpc) is 3.17. The average molecular weight is 298 g/mol. The molecule has 112 valence electrons. The van der Waals surface area contributed by atoms with Gasteiger partial charge < -0.3 is 13.7 Å². The van der Waals surface area contributed by atoms with E-state index in [9.17, 15) is 4.79 Å². The molecule has 0 saturated heterocycles. The van der Waals surface area contributed by atoms with Crippen molar-refractivity contribution < 1.29 is 18.5 Å². The summed E-state index contributed by atoms with van der Waals surface area (Å²) in [4.78, 5) is 11.9. The lowest BCUT2D eigenvalue weighted by Gasteiger charge is -2.06. The van der Waals surface area contributed by atoms with Gasteiger partial charge in [-0.1, -0.05) is 35.5 Å². The van der Waals surface area contributed by atoms with Crippen LogP contribution in [-0.4, -0.2) is 11.2 Å². The number of aryl methyl sites for hydroxylation is 1. The van der Waals surface area contributed by atoms with Crippen LogP contribution in [0.1, 0.15) is 11.3 Å². The van der Waals surface area contributed by atoms with E-state index >= 15 is 0 Å². The molecule has 0 unspecified atom stereocenters. The van der Waals surface area contributed by atoms with Crippen molar-refractivity contribution in [1.29, 1.82) is 0 Å². The van der Waals surface area contributed by atoms with Crippen LogP contribution in [0, 0.1) is 6.92 Å². The van der Waals surface area contributed by atoms with Gasteiger partial charge in [0.1, 0.15) is 18.0 Å². The SMILES string of the molecule is Cc1onc(-c2ccccc2)c1NC(=O)OCc1ccoc1. The number of nitrogens with one attached hydrogen (secondary N) is 1. The Kier molecular flexibility index (Phi) is 3.91. The Hall–Kier alpha value is -3.02. The number of nitrogens with zero attached hydrogens (tertiary/aromatic N) is 1. The molecule has 1 amide bonds. The molecule has 0 aliphatic heterocycles. The summed E-state index contributed by atoms with van der Waals surface area (Å²) in [5.74, 6) is 0.513. The van der Waals surface area contributed by atoms with Crippen molar-refractivity contribution in [2.24, 2.45) is 0 Å². The lowest BCUT2D eigenvalue weighted by molar-refractivity contribution is 0.155. The molecule has 1 N–H and O–H groups in total. The summed E-state index contributed by atoms with van der Waals surface area (Å²) in [6.45, 7) is 1.86. The van der Waals surface area contributed by atoms with E-state index in [4.69, 9.17) is 13.7 Å². The maximum Gasteiger partial charge on any atom is 0.412 e. The molecule has 6 heteroatoms. The summed E-state index contributed by atoms with van der Waals surface area (Å²) in [5.41, 5.74) is 2.70. The highest BCUT2D eigenvalue weighted by molar-refractivity contribution is 5.90. The monoisotopic (exact) mass is 298 g/mol. The number of furan rings is 1. The number of carbonyl (C=O) groups is 1. The van der Waals surface area contributed by atoms with Gasteiger partial charge in [-0.25, -0.2) is 4.79 Å². The molecule has 2 heterocycles. The normalized spacial score (nSPS) is 10.4. The zero-order chi connectivity index (χ0) is 15.4. The summed E-state index contributed by atoms with van der Waals surface area (Å²) >= 11 is 0. The Balaban J connectivity index is 1.72. The van der Waals surface area contributed by atoms with E-state index in [-0.39, 0.29) is 6.61 Å². The largest absolute Gasteiger partial charge is 0.472 e. The first-order chi connectivity index (χ1) is 10.7. The zero-order valence-electron chi connectivity index (χ0n) is 11.9. The number of aromatic nitrogens is 1. The molecular weight excluding hydrogens is 284 g/mol. The van der Waals surface area contributed by atoms with Gasteiger partial charge in [-0.05, 0) is 13.0 Å². The van der Waals surface area contributed by atoms with E-state index in [1.54, 1.807) is 13.0 Å². The predicted molar refractivity (Wildman–Crippen MR) is 79.2 cm³/mol. The number of carbonyl (C=O) groups excluding carboxylic acids is 1. The molecule has 0 spiro atoms. The second-order valence-corrected chi connectivity index (χ2v) is 4.66. The molecule has 0 aliphatic carbocycles. The van der Waals surface area contributed by atoms with Crippen molar-refractivity contribution >= 4 is 11.8 Å². The van der Waals surface area contributed by atoms with Crippen LogP contribution in [0.3, 0.4) is 0 Å². The Morgan fingerprint density at radius 1 is 1.27 bits per heavy atom. The molecule has 3 aromatic rings. The van der Waals surface area contributed by atoms with Crippen LogP contribution in [0.4, 0.5) is 10.5 Å². The first kappa shape index (κ1) is 13.9. The van der Waals surface area contributed by atoms with Crippen LogP contribution in [0.25, 0.3) is 11.3 Å².